The van der Waals surface area contributed by atoms with Crippen molar-refractivity contribution >= 4 is 12.0 Å². The molecule has 1 fully saturated rings. The average Bonchev–Trinajstić information content (AvgIpc) is 2.81. The highest BCUT2D eigenvalue weighted by molar-refractivity contribution is 5.82. The van der Waals surface area contributed by atoms with Gasteiger partial charge in [-0.3, -0.25) is 0 Å². The first-order valence-corrected chi connectivity index (χ1v) is 5.86. The monoisotopic (exact) mass is 276 g/mol. The molecular formula is C11H20N2O6. The van der Waals surface area contributed by atoms with Crippen LogP contribution in [0.4, 0.5) is 4.79 Å². The van der Waals surface area contributed by atoms with Crippen molar-refractivity contribution < 1.29 is 28.9 Å². The van der Waals surface area contributed by atoms with Gasteiger partial charge in [0.25, 0.3) is 0 Å². The van der Waals surface area contributed by atoms with Gasteiger partial charge < -0.3 is 29.5 Å². The number of carbonyl (C=O) groups is 2. The fourth-order valence-corrected chi connectivity index (χ4v) is 1.94. The summed E-state index contributed by atoms with van der Waals surface area (Å²) in [6.07, 6.45) is -0.414. The predicted molar refractivity (Wildman–Crippen MR) is 65.0 cm³/mol. The number of aliphatic carboxylic acids is 1. The summed E-state index contributed by atoms with van der Waals surface area (Å²) in [4.78, 5) is 24.3. The average molecular weight is 276 g/mol. The fourth-order valence-electron chi connectivity index (χ4n) is 1.94. The van der Waals surface area contributed by atoms with Crippen molar-refractivity contribution in [2.24, 2.45) is 0 Å². The molecule has 1 aliphatic rings. The molecule has 2 N–H and O–H groups in total. The lowest BCUT2D eigenvalue weighted by atomic mass is 10.3. The van der Waals surface area contributed by atoms with Crippen LogP contribution >= 0.6 is 0 Å². The zero-order valence-corrected chi connectivity index (χ0v) is 11.3. The van der Waals surface area contributed by atoms with Gasteiger partial charge in [-0.25, -0.2) is 9.59 Å². The number of urea groups is 1. The van der Waals surface area contributed by atoms with Crippen LogP contribution in [0.5, 0.6) is 0 Å². The third kappa shape index (κ3) is 4.05. The molecule has 0 aromatic rings. The minimum atomic E-state index is -1.14. The van der Waals surface area contributed by atoms with Crippen molar-refractivity contribution in [1.82, 2.24) is 10.2 Å². The summed E-state index contributed by atoms with van der Waals surface area (Å²) < 4.78 is 15.2. The third-order valence-electron chi connectivity index (χ3n) is 3.04. The fraction of sp³-hybridized carbons (Fsp3) is 0.818. The number of carboxylic acids is 1. The van der Waals surface area contributed by atoms with Crippen LogP contribution in [0, 0.1) is 0 Å². The summed E-state index contributed by atoms with van der Waals surface area (Å²) in [5.74, 6) is -1.14. The maximum atomic E-state index is 11.9. The van der Waals surface area contributed by atoms with E-state index in [-0.39, 0.29) is 18.8 Å². The maximum absolute atomic E-state index is 11.9. The molecule has 110 valence electrons. The van der Waals surface area contributed by atoms with Crippen LogP contribution in [0.25, 0.3) is 0 Å². The van der Waals surface area contributed by atoms with Gasteiger partial charge in [0.2, 0.25) is 0 Å². The van der Waals surface area contributed by atoms with E-state index in [0.717, 1.165) is 0 Å². The minimum Gasteiger partial charge on any atom is -0.480 e. The van der Waals surface area contributed by atoms with Crippen molar-refractivity contribution in [1.29, 1.82) is 0 Å². The van der Waals surface area contributed by atoms with Gasteiger partial charge in [-0.15, -0.1) is 0 Å². The van der Waals surface area contributed by atoms with Gasteiger partial charge in [0, 0.05) is 21.3 Å². The molecule has 2 amide bonds. The first-order chi connectivity index (χ1) is 9.03. The Morgan fingerprint density at radius 3 is 2.16 bits per heavy atom. The van der Waals surface area contributed by atoms with Crippen LogP contribution in [0.2, 0.25) is 0 Å². The van der Waals surface area contributed by atoms with E-state index in [1.807, 2.05) is 0 Å². The largest absolute Gasteiger partial charge is 0.480 e. The maximum Gasteiger partial charge on any atom is 0.328 e. The summed E-state index contributed by atoms with van der Waals surface area (Å²) in [5, 5.41) is 11.3. The van der Waals surface area contributed by atoms with E-state index in [4.69, 9.17) is 19.3 Å². The van der Waals surface area contributed by atoms with Gasteiger partial charge >= 0.3 is 12.0 Å². The molecule has 3 unspecified atom stereocenters. The second kappa shape index (κ2) is 7.27. The number of rotatable bonds is 6. The Kier molecular flexibility index (Phi) is 6.00. The lowest BCUT2D eigenvalue weighted by Gasteiger charge is -2.20. The smallest absolute Gasteiger partial charge is 0.328 e. The number of likely N-dealkylation sites (tertiary alicyclic amines) is 1. The number of hydrogen-bond donors (Lipinski definition) is 2. The van der Waals surface area contributed by atoms with Crippen LogP contribution in [0.15, 0.2) is 0 Å². The molecule has 0 aromatic carbocycles. The van der Waals surface area contributed by atoms with Crippen molar-refractivity contribution in [3.63, 3.8) is 0 Å². The third-order valence-corrected chi connectivity index (χ3v) is 3.04. The predicted octanol–water partition coefficient (Wildman–Crippen LogP) is -0.859. The van der Waals surface area contributed by atoms with E-state index >= 15 is 0 Å². The van der Waals surface area contributed by atoms with Crippen molar-refractivity contribution in [3.05, 3.63) is 0 Å². The minimum absolute atomic E-state index is 0.0870. The zero-order chi connectivity index (χ0) is 14.4. The molecule has 8 heteroatoms. The second-order valence-electron chi connectivity index (χ2n) is 4.25. The lowest BCUT2D eigenvalue weighted by molar-refractivity contribution is -0.140. The molecule has 1 heterocycles. The van der Waals surface area contributed by atoms with Gasteiger partial charge in [-0.05, 0) is 0 Å². The molecule has 0 radical (unpaired) electrons. The number of carbonyl (C=O) groups excluding carboxylic acids is 1. The first kappa shape index (κ1) is 15.7. The van der Waals surface area contributed by atoms with Gasteiger partial charge in [0.15, 0.2) is 6.04 Å². The lowest BCUT2D eigenvalue weighted by Crippen LogP contribution is -2.49. The summed E-state index contributed by atoms with van der Waals surface area (Å²) in [5.41, 5.74) is 0. The molecule has 19 heavy (non-hydrogen) atoms. The van der Waals surface area contributed by atoms with Gasteiger partial charge in [0.1, 0.15) is 12.2 Å². The molecule has 0 bridgehead atoms. The topological polar surface area (TPSA) is 97.3 Å². The molecule has 0 spiro atoms. The number of nitrogens with one attached hydrogen (secondary N) is 1. The molecule has 1 saturated heterocycles. The number of hydrogen-bond acceptors (Lipinski definition) is 5. The zero-order valence-electron chi connectivity index (χ0n) is 11.3. The van der Waals surface area contributed by atoms with E-state index in [1.54, 1.807) is 14.2 Å². The Balaban J connectivity index is 2.56. The molecule has 0 aromatic heterocycles. The molecule has 3 atom stereocenters. The van der Waals surface area contributed by atoms with Gasteiger partial charge in [0.05, 0.1) is 19.7 Å². The Morgan fingerprint density at radius 2 is 1.79 bits per heavy atom. The molecule has 1 rings (SSSR count). The molecule has 0 aliphatic carbocycles. The standard InChI is InChI=1S/C11H20N2O6/c1-17-6-7(10(14)15)12-11(16)13-4-8(18-2)9(5-13)19-3/h7-9H,4-6H2,1-3H3,(H,12,16)(H,14,15). The summed E-state index contributed by atoms with van der Waals surface area (Å²) in [6.45, 7) is 0.636. The van der Waals surface area contributed by atoms with Crippen LogP contribution in [0.3, 0.4) is 0 Å². The van der Waals surface area contributed by atoms with Crippen LogP contribution in [-0.4, -0.2) is 81.3 Å². The Morgan fingerprint density at radius 1 is 1.26 bits per heavy atom. The number of carboxylic acid groups (broad SMARTS) is 1. The highest BCUT2D eigenvalue weighted by Gasteiger charge is 2.36. The van der Waals surface area contributed by atoms with Gasteiger partial charge in [-0.2, -0.15) is 0 Å². The first-order valence-electron chi connectivity index (χ1n) is 5.86. The Labute approximate surface area is 111 Å². The Hall–Kier alpha value is -1.38. The van der Waals surface area contributed by atoms with Crippen molar-refractivity contribution in [3.8, 4) is 0 Å². The van der Waals surface area contributed by atoms with E-state index < -0.39 is 18.0 Å². The second-order valence-corrected chi connectivity index (χ2v) is 4.25. The summed E-state index contributed by atoms with van der Waals surface area (Å²) in [7, 11) is 4.46. The van der Waals surface area contributed by atoms with E-state index in [0.29, 0.717) is 13.1 Å². The molecule has 0 saturated carbocycles. The molecule has 8 nitrogen and oxygen atoms in total. The number of amides is 2. The quantitative estimate of drug-likeness (QED) is 0.655. The van der Waals surface area contributed by atoms with E-state index in [1.165, 1.54) is 12.0 Å². The van der Waals surface area contributed by atoms with Crippen LogP contribution in [-0.2, 0) is 19.0 Å². The summed E-state index contributed by atoms with van der Waals surface area (Å²) in [6, 6.07) is -1.54. The van der Waals surface area contributed by atoms with Crippen molar-refractivity contribution in [2.45, 2.75) is 18.2 Å². The van der Waals surface area contributed by atoms with E-state index in [2.05, 4.69) is 5.32 Å². The van der Waals surface area contributed by atoms with Gasteiger partial charge in [-0.1, -0.05) is 0 Å². The summed E-state index contributed by atoms with van der Waals surface area (Å²) >= 11 is 0. The van der Waals surface area contributed by atoms with E-state index in [9.17, 15) is 9.59 Å². The number of nitrogens with zero attached hydrogens (tertiary/aromatic N) is 1. The number of ether oxygens (including phenoxy) is 3. The number of methoxy groups -OCH3 is 3. The highest BCUT2D eigenvalue weighted by Crippen LogP contribution is 2.15. The normalized spacial score (nSPS) is 24.3. The SMILES string of the molecule is COCC(NC(=O)N1CC(OC)C(OC)C1)C(=O)O. The van der Waals surface area contributed by atoms with Crippen molar-refractivity contribution in [2.75, 3.05) is 41.0 Å². The Bertz CT molecular complexity index is 312. The van der Waals surface area contributed by atoms with Crippen LogP contribution < -0.4 is 5.32 Å². The molecular weight excluding hydrogens is 256 g/mol. The highest BCUT2D eigenvalue weighted by atomic mass is 16.5. The van der Waals surface area contributed by atoms with Crippen LogP contribution in [0.1, 0.15) is 0 Å². The molecule has 1 aliphatic heterocycles.